The van der Waals surface area contributed by atoms with Gasteiger partial charge in [-0.2, -0.15) is 13.2 Å². The highest BCUT2D eigenvalue weighted by Gasteiger charge is 2.30. The van der Waals surface area contributed by atoms with Gasteiger partial charge in [-0.1, -0.05) is 12.1 Å². The molecule has 1 aromatic heterocycles. The fourth-order valence-corrected chi connectivity index (χ4v) is 4.11. The van der Waals surface area contributed by atoms with E-state index in [2.05, 4.69) is 9.80 Å². The standard InChI is InChI=1S/C24H25F3N2O3/c1-31-20-7-8-21-18(13-23(30)32-22(21)14-20)16-29-10-2-9-28(11-12-29)15-17-3-5-19(6-4-17)24(25,26)27/h3-8,13-14H,2,9-12,15-16H2,1H3. The molecule has 4 rings (SSSR count). The molecule has 2 heterocycles. The van der Waals surface area contributed by atoms with Crippen LogP contribution in [0.1, 0.15) is 23.1 Å². The van der Waals surface area contributed by atoms with Gasteiger partial charge in [0, 0.05) is 43.7 Å². The Morgan fingerprint density at radius 2 is 1.62 bits per heavy atom. The van der Waals surface area contributed by atoms with Crippen molar-refractivity contribution in [3.05, 3.63) is 75.6 Å². The van der Waals surface area contributed by atoms with Gasteiger partial charge >= 0.3 is 11.8 Å². The number of halogens is 3. The molecule has 5 nitrogen and oxygen atoms in total. The number of methoxy groups -OCH3 is 1. The van der Waals surface area contributed by atoms with Gasteiger partial charge in [-0.15, -0.1) is 0 Å². The lowest BCUT2D eigenvalue weighted by atomic mass is 10.1. The van der Waals surface area contributed by atoms with Crippen LogP contribution in [0.5, 0.6) is 5.75 Å². The zero-order valence-corrected chi connectivity index (χ0v) is 17.8. The minimum Gasteiger partial charge on any atom is -0.497 e. The first-order chi connectivity index (χ1) is 15.3. The van der Waals surface area contributed by atoms with Gasteiger partial charge in [-0.25, -0.2) is 4.79 Å². The van der Waals surface area contributed by atoms with Gasteiger partial charge in [0.1, 0.15) is 11.3 Å². The Kier molecular flexibility index (Phi) is 6.53. The molecule has 1 aliphatic rings. The Bertz CT molecular complexity index is 1130. The summed E-state index contributed by atoms with van der Waals surface area (Å²) in [7, 11) is 1.57. The van der Waals surface area contributed by atoms with Gasteiger partial charge in [0.15, 0.2) is 0 Å². The highest BCUT2D eigenvalue weighted by molar-refractivity contribution is 5.81. The third-order valence-corrected chi connectivity index (χ3v) is 5.80. The third kappa shape index (κ3) is 5.31. The van der Waals surface area contributed by atoms with Crippen LogP contribution >= 0.6 is 0 Å². The van der Waals surface area contributed by atoms with E-state index in [1.807, 2.05) is 12.1 Å². The Balaban J connectivity index is 1.41. The minimum atomic E-state index is -4.31. The Labute approximate surface area is 184 Å². The number of rotatable bonds is 5. The summed E-state index contributed by atoms with van der Waals surface area (Å²) in [6.07, 6.45) is -3.38. The van der Waals surface area contributed by atoms with Gasteiger partial charge in [0.2, 0.25) is 0 Å². The molecule has 0 N–H and O–H groups in total. The monoisotopic (exact) mass is 446 g/mol. The maximum atomic E-state index is 12.8. The number of fused-ring (bicyclic) bond motifs is 1. The fraction of sp³-hybridized carbons (Fsp3) is 0.375. The Hall–Kier alpha value is -2.84. The van der Waals surface area contributed by atoms with Crippen molar-refractivity contribution in [3.8, 4) is 5.75 Å². The predicted octanol–water partition coefficient (Wildman–Crippen LogP) is 4.53. The zero-order valence-electron chi connectivity index (χ0n) is 17.8. The van der Waals surface area contributed by atoms with Crippen LogP contribution in [-0.2, 0) is 19.3 Å². The summed E-state index contributed by atoms with van der Waals surface area (Å²) in [6, 6.07) is 12.4. The molecule has 1 aliphatic heterocycles. The lowest BCUT2D eigenvalue weighted by Crippen LogP contribution is -2.30. The summed E-state index contributed by atoms with van der Waals surface area (Å²) < 4.78 is 48.9. The normalized spacial score (nSPS) is 16.2. The van der Waals surface area contributed by atoms with Crippen molar-refractivity contribution in [2.75, 3.05) is 33.3 Å². The molecule has 0 amide bonds. The summed E-state index contributed by atoms with van der Waals surface area (Å²) in [5.41, 5.74) is 1.27. The molecule has 32 heavy (non-hydrogen) atoms. The van der Waals surface area contributed by atoms with Crippen molar-refractivity contribution in [2.45, 2.75) is 25.7 Å². The maximum Gasteiger partial charge on any atom is 0.416 e. The molecule has 0 radical (unpaired) electrons. The van der Waals surface area contributed by atoms with Gasteiger partial charge in [-0.05, 0) is 54.9 Å². The highest BCUT2D eigenvalue weighted by Crippen LogP contribution is 2.29. The first kappa shape index (κ1) is 22.4. The number of alkyl halides is 3. The number of benzene rings is 2. The van der Waals surface area contributed by atoms with Crippen molar-refractivity contribution >= 4 is 11.0 Å². The molecule has 0 bridgehead atoms. The molecule has 1 saturated heterocycles. The Morgan fingerprint density at radius 3 is 2.28 bits per heavy atom. The first-order valence-corrected chi connectivity index (χ1v) is 10.5. The van der Waals surface area contributed by atoms with E-state index in [1.54, 1.807) is 31.4 Å². The van der Waals surface area contributed by atoms with Crippen molar-refractivity contribution < 1.29 is 22.3 Å². The highest BCUT2D eigenvalue weighted by atomic mass is 19.4. The van der Waals surface area contributed by atoms with Gasteiger partial charge < -0.3 is 9.15 Å². The average Bonchev–Trinajstić information content (AvgIpc) is 2.98. The molecule has 0 spiro atoms. The van der Waals surface area contributed by atoms with E-state index < -0.39 is 11.7 Å². The van der Waals surface area contributed by atoms with Gasteiger partial charge in [0.25, 0.3) is 0 Å². The second kappa shape index (κ2) is 9.34. The van der Waals surface area contributed by atoms with Crippen LogP contribution in [0.15, 0.2) is 57.7 Å². The van der Waals surface area contributed by atoms with Crippen molar-refractivity contribution in [1.82, 2.24) is 9.80 Å². The second-order valence-electron chi connectivity index (χ2n) is 8.05. The number of hydrogen-bond acceptors (Lipinski definition) is 5. The summed E-state index contributed by atoms with van der Waals surface area (Å²) in [4.78, 5) is 16.6. The van der Waals surface area contributed by atoms with E-state index in [-0.39, 0.29) is 5.63 Å². The molecule has 8 heteroatoms. The fourth-order valence-electron chi connectivity index (χ4n) is 4.11. The lowest BCUT2D eigenvalue weighted by molar-refractivity contribution is -0.137. The van der Waals surface area contributed by atoms with Crippen molar-refractivity contribution in [3.63, 3.8) is 0 Å². The maximum absolute atomic E-state index is 12.8. The molecular formula is C24H25F3N2O3. The van der Waals surface area contributed by atoms with Gasteiger partial charge in [0.05, 0.1) is 12.7 Å². The molecular weight excluding hydrogens is 421 g/mol. The van der Waals surface area contributed by atoms with Crippen molar-refractivity contribution in [1.29, 1.82) is 0 Å². The zero-order chi connectivity index (χ0) is 22.7. The van der Waals surface area contributed by atoms with E-state index >= 15 is 0 Å². The summed E-state index contributed by atoms with van der Waals surface area (Å²) in [5.74, 6) is 0.631. The molecule has 0 saturated carbocycles. The number of ether oxygens (including phenoxy) is 1. The molecule has 170 valence electrons. The van der Waals surface area contributed by atoms with E-state index in [1.165, 1.54) is 0 Å². The second-order valence-corrected chi connectivity index (χ2v) is 8.05. The van der Waals surface area contributed by atoms with Crippen molar-refractivity contribution in [2.24, 2.45) is 0 Å². The van der Waals surface area contributed by atoms with Crippen LogP contribution in [0.25, 0.3) is 11.0 Å². The topological polar surface area (TPSA) is 45.9 Å². The summed E-state index contributed by atoms with van der Waals surface area (Å²) in [6.45, 7) is 4.59. The summed E-state index contributed by atoms with van der Waals surface area (Å²) in [5, 5.41) is 0.885. The number of hydrogen-bond donors (Lipinski definition) is 0. The molecule has 0 unspecified atom stereocenters. The van der Waals surface area contributed by atoms with Crippen LogP contribution in [0, 0.1) is 0 Å². The SMILES string of the molecule is COc1ccc2c(CN3CCCN(Cc4ccc(C(F)(F)F)cc4)CC3)cc(=O)oc2c1. The minimum absolute atomic E-state index is 0.389. The summed E-state index contributed by atoms with van der Waals surface area (Å²) >= 11 is 0. The molecule has 0 atom stereocenters. The largest absolute Gasteiger partial charge is 0.497 e. The van der Waals surface area contributed by atoms with Crippen LogP contribution in [-0.4, -0.2) is 43.1 Å². The van der Waals surface area contributed by atoms with E-state index in [4.69, 9.17) is 9.15 Å². The van der Waals surface area contributed by atoms with E-state index in [0.29, 0.717) is 24.4 Å². The third-order valence-electron chi connectivity index (χ3n) is 5.80. The number of nitrogens with zero attached hydrogens (tertiary/aromatic N) is 2. The van der Waals surface area contributed by atoms with Crippen LogP contribution in [0.4, 0.5) is 13.2 Å². The van der Waals surface area contributed by atoms with Gasteiger partial charge in [-0.3, -0.25) is 9.80 Å². The molecule has 0 aliphatic carbocycles. The average molecular weight is 446 g/mol. The predicted molar refractivity (Wildman–Crippen MR) is 116 cm³/mol. The van der Waals surface area contributed by atoms with Crippen LogP contribution in [0.2, 0.25) is 0 Å². The van der Waals surface area contributed by atoms with Crippen LogP contribution < -0.4 is 10.4 Å². The van der Waals surface area contributed by atoms with E-state index in [9.17, 15) is 18.0 Å². The molecule has 1 fully saturated rings. The molecule has 3 aromatic rings. The Morgan fingerprint density at radius 1 is 0.938 bits per heavy atom. The lowest BCUT2D eigenvalue weighted by Gasteiger charge is -2.22. The smallest absolute Gasteiger partial charge is 0.416 e. The molecule has 2 aromatic carbocycles. The van der Waals surface area contributed by atoms with Crippen LogP contribution in [0.3, 0.4) is 0 Å². The van der Waals surface area contributed by atoms with E-state index in [0.717, 1.165) is 61.2 Å². The first-order valence-electron chi connectivity index (χ1n) is 10.5. The quantitative estimate of drug-likeness (QED) is 0.539.